The summed E-state index contributed by atoms with van der Waals surface area (Å²) in [5.74, 6) is -1.36. The number of ether oxygens (including phenoxy) is 2. The van der Waals surface area contributed by atoms with Crippen molar-refractivity contribution >= 4 is 25.4 Å². The molecule has 0 saturated carbocycles. The maximum absolute atomic E-state index is 13.3. The van der Waals surface area contributed by atoms with Gasteiger partial charge < -0.3 is 9.47 Å². The highest BCUT2D eigenvalue weighted by Gasteiger charge is 2.30. The number of amides is 1. The average Bonchev–Trinajstić information content (AvgIpc) is 2.82. The molecule has 0 aliphatic carbocycles. The van der Waals surface area contributed by atoms with Crippen LogP contribution in [0, 0.1) is 10.8 Å². The minimum Gasteiger partial charge on any atom is -0.438 e. The molecule has 0 N–H and O–H groups in total. The van der Waals surface area contributed by atoms with E-state index in [-0.39, 0.29) is 25.0 Å². The van der Waals surface area contributed by atoms with E-state index in [0.29, 0.717) is 6.61 Å². The molecule has 1 aromatic carbocycles. The molecule has 11 heteroatoms. The predicted octanol–water partition coefficient (Wildman–Crippen LogP) is 5.50. The highest BCUT2D eigenvalue weighted by Crippen LogP contribution is 2.49. The van der Waals surface area contributed by atoms with Gasteiger partial charge in [0, 0.05) is 13.5 Å². The molecule has 0 unspecified atom stereocenters. The van der Waals surface area contributed by atoms with Crippen LogP contribution >= 0.6 is 7.60 Å². The lowest BCUT2D eigenvalue weighted by Crippen LogP contribution is -2.31. The van der Waals surface area contributed by atoms with Crippen LogP contribution in [-0.2, 0) is 48.7 Å². The first-order chi connectivity index (χ1) is 17.6. The van der Waals surface area contributed by atoms with Crippen molar-refractivity contribution in [2.75, 3.05) is 32.9 Å². The van der Waals surface area contributed by atoms with Crippen molar-refractivity contribution in [1.82, 2.24) is 5.06 Å². The maximum Gasteiger partial charge on any atom is 0.336 e. The zero-order chi connectivity index (χ0) is 28.8. The van der Waals surface area contributed by atoms with E-state index in [9.17, 15) is 18.9 Å². The molecule has 10 nitrogen and oxygen atoms in total. The van der Waals surface area contributed by atoms with Gasteiger partial charge in [-0.2, -0.15) is 0 Å². The Hall–Kier alpha value is -2.26. The van der Waals surface area contributed by atoms with Gasteiger partial charge in [-0.3, -0.25) is 32.8 Å². The third-order valence-electron chi connectivity index (χ3n) is 5.20. The number of carbonyl (C=O) groups is 3. The van der Waals surface area contributed by atoms with E-state index in [1.165, 1.54) is 17.6 Å². The number of nitrogens with zero attached hydrogens (tertiary/aromatic N) is 1. The first-order valence-corrected chi connectivity index (χ1v) is 14.5. The van der Waals surface area contributed by atoms with Gasteiger partial charge in [-0.1, -0.05) is 30.3 Å². The summed E-state index contributed by atoms with van der Waals surface area (Å²) in [6.45, 7) is 10.8. The SMILES string of the molecule is CC(=O)N(CCCP(=O)(OCOC(=O)C(C)(C)C)OCOC(=O)C(C)(C)C)OCCCCc1ccccc1. The first-order valence-electron chi connectivity index (χ1n) is 12.8. The minimum absolute atomic E-state index is 0.117. The standard InChI is InChI=1S/C27H44NO9P/c1-22(29)28(35-18-12-11-16-23-14-9-8-10-15-23)17-13-19-38(32,36-20-33-24(30)26(2,3)4)37-21-34-25(31)27(5,6)7/h8-10,14-15H,11-13,16-21H2,1-7H3. The fourth-order valence-corrected chi connectivity index (χ4v) is 4.18. The van der Waals surface area contributed by atoms with Gasteiger partial charge in [-0.05, 0) is 72.8 Å². The molecule has 0 fully saturated rings. The molecular weight excluding hydrogens is 513 g/mol. The molecular formula is C27H44NO9P. The Kier molecular flexibility index (Phi) is 14.2. The molecule has 1 amide bonds. The molecule has 1 rings (SSSR count). The number of hydrogen-bond acceptors (Lipinski definition) is 9. The summed E-state index contributed by atoms with van der Waals surface area (Å²) in [5, 5.41) is 1.21. The van der Waals surface area contributed by atoms with E-state index in [1.807, 2.05) is 18.2 Å². The van der Waals surface area contributed by atoms with Crippen LogP contribution in [0.4, 0.5) is 0 Å². The average molecular weight is 558 g/mol. The third-order valence-corrected chi connectivity index (χ3v) is 7.06. The second-order valence-electron chi connectivity index (χ2n) is 10.9. The van der Waals surface area contributed by atoms with Crippen LogP contribution in [0.2, 0.25) is 0 Å². The molecule has 0 heterocycles. The lowest BCUT2D eigenvalue weighted by molar-refractivity contribution is -0.184. The van der Waals surface area contributed by atoms with Crippen LogP contribution < -0.4 is 0 Å². The second kappa shape index (κ2) is 16.0. The zero-order valence-corrected chi connectivity index (χ0v) is 24.7. The van der Waals surface area contributed by atoms with Gasteiger partial charge in [0.25, 0.3) is 0 Å². The number of benzene rings is 1. The topological polar surface area (TPSA) is 118 Å². The summed E-state index contributed by atoms with van der Waals surface area (Å²) in [7, 11) is -3.84. The first kappa shape index (κ1) is 33.8. The molecule has 0 spiro atoms. The molecule has 0 radical (unpaired) electrons. The normalized spacial score (nSPS) is 12.2. The van der Waals surface area contributed by atoms with Crippen LogP contribution in [0.1, 0.15) is 73.3 Å². The van der Waals surface area contributed by atoms with E-state index in [1.54, 1.807) is 41.5 Å². The Labute approximate surface area is 226 Å². The van der Waals surface area contributed by atoms with Crippen molar-refractivity contribution in [2.45, 2.75) is 74.1 Å². The summed E-state index contributed by atoms with van der Waals surface area (Å²) < 4.78 is 34.0. The van der Waals surface area contributed by atoms with Crippen molar-refractivity contribution in [3.05, 3.63) is 35.9 Å². The van der Waals surface area contributed by atoms with Gasteiger partial charge in [0.05, 0.1) is 23.6 Å². The number of esters is 2. The molecule has 0 aliphatic rings. The van der Waals surface area contributed by atoms with Crippen LogP contribution in [0.5, 0.6) is 0 Å². The summed E-state index contributed by atoms with van der Waals surface area (Å²) in [6, 6.07) is 10.1. The molecule has 1 aromatic rings. The Morgan fingerprint density at radius 1 is 0.816 bits per heavy atom. The number of hydrogen-bond donors (Lipinski definition) is 0. The number of unbranched alkanes of at least 4 members (excludes halogenated alkanes) is 1. The lowest BCUT2D eigenvalue weighted by atomic mass is 9.98. The predicted molar refractivity (Wildman–Crippen MR) is 143 cm³/mol. The highest BCUT2D eigenvalue weighted by atomic mass is 31.2. The molecule has 0 aromatic heterocycles. The number of rotatable bonds is 16. The van der Waals surface area contributed by atoms with Crippen molar-refractivity contribution in [2.24, 2.45) is 10.8 Å². The summed E-state index contributed by atoms with van der Waals surface area (Å²) >= 11 is 0. The van der Waals surface area contributed by atoms with Gasteiger partial charge in [0.1, 0.15) is 0 Å². The zero-order valence-electron chi connectivity index (χ0n) is 23.8. The van der Waals surface area contributed by atoms with Crippen LogP contribution in [0.15, 0.2) is 30.3 Å². The lowest BCUT2D eigenvalue weighted by Gasteiger charge is -2.23. The van der Waals surface area contributed by atoms with Crippen molar-refractivity contribution in [1.29, 1.82) is 0 Å². The minimum atomic E-state index is -3.84. The smallest absolute Gasteiger partial charge is 0.336 e. The van der Waals surface area contributed by atoms with Crippen LogP contribution in [0.3, 0.4) is 0 Å². The Bertz CT molecular complexity index is 887. The third kappa shape index (κ3) is 14.0. The monoisotopic (exact) mass is 557 g/mol. The Morgan fingerprint density at radius 3 is 1.82 bits per heavy atom. The van der Waals surface area contributed by atoms with Crippen molar-refractivity contribution in [3.8, 4) is 0 Å². The van der Waals surface area contributed by atoms with E-state index >= 15 is 0 Å². The van der Waals surface area contributed by atoms with E-state index in [4.69, 9.17) is 23.4 Å². The van der Waals surface area contributed by atoms with Gasteiger partial charge in [0.15, 0.2) is 0 Å². The quantitative estimate of drug-likeness (QED) is 0.0853. The van der Waals surface area contributed by atoms with Crippen LogP contribution in [-0.4, -0.2) is 55.8 Å². The van der Waals surface area contributed by atoms with Gasteiger partial charge in [-0.15, -0.1) is 0 Å². The van der Waals surface area contributed by atoms with Gasteiger partial charge >= 0.3 is 19.5 Å². The Balaban J connectivity index is 2.59. The number of aryl methyl sites for hydroxylation is 1. The van der Waals surface area contributed by atoms with E-state index < -0.39 is 44.0 Å². The summed E-state index contributed by atoms with van der Waals surface area (Å²) in [4.78, 5) is 41.7. The molecule has 38 heavy (non-hydrogen) atoms. The van der Waals surface area contributed by atoms with Gasteiger partial charge in [0.2, 0.25) is 19.5 Å². The highest BCUT2D eigenvalue weighted by molar-refractivity contribution is 7.53. The number of hydroxylamine groups is 2. The molecule has 0 saturated heterocycles. The summed E-state index contributed by atoms with van der Waals surface area (Å²) in [6.07, 6.45) is 2.69. The Morgan fingerprint density at radius 2 is 1.34 bits per heavy atom. The molecule has 216 valence electrons. The summed E-state index contributed by atoms with van der Waals surface area (Å²) in [5.41, 5.74) is -0.290. The largest absolute Gasteiger partial charge is 0.438 e. The number of carbonyl (C=O) groups excluding carboxylic acids is 3. The molecule has 0 atom stereocenters. The second-order valence-corrected chi connectivity index (χ2v) is 13.1. The fraction of sp³-hybridized carbons (Fsp3) is 0.667. The van der Waals surface area contributed by atoms with E-state index in [0.717, 1.165) is 19.3 Å². The fourth-order valence-electron chi connectivity index (χ4n) is 2.89. The molecule has 0 aliphatic heterocycles. The van der Waals surface area contributed by atoms with Crippen LogP contribution in [0.25, 0.3) is 0 Å². The molecule has 0 bridgehead atoms. The van der Waals surface area contributed by atoms with Gasteiger partial charge in [-0.25, -0.2) is 5.06 Å². The maximum atomic E-state index is 13.3. The van der Waals surface area contributed by atoms with E-state index in [2.05, 4.69) is 12.1 Å². The van der Waals surface area contributed by atoms with Crippen molar-refractivity contribution in [3.63, 3.8) is 0 Å². The van der Waals surface area contributed by atoms with Crippen molar-refractivity contribution < 1.29 is 42.3 Å².